The maximum absolute atomic E-state index is 13.1. The zero-order valence-corrected chi connectivity index (χ0v) is 12.2. The van der Waals surface area contributed by atoms with Crippen molar-refractivity contribution in [1.29, 1.82) is 0 Å². The monoisotopic (exact) mass is 317 g/mol. The molecule has 1 aromatic rings. The highest BCUT2D eigenvalue weighted by Crippen LogP contribution is 2.37. The first-order chi connectivity index (χ1) is 10.1. The van der Waals surface area contributed by atoms with E-state index in [2.05, 4.69) is 5.32 Å². The molecule has 0 aliphatic carbocycles. The summed E-state index contributed by atoms with van der Waals surface area (Å²) in [6.45, 7) is 2.83. The predicted molar refractivity (Wildman–Crippen MR) is 74.3 cm³/mol. The minimum absolute atomic E-state index is 0.00378. The third-order valence-corrected chi connectivity index (χ3v) is 3.51. The van der Waals surface area contributed by atoms with Crippen molar-refractivity contribution in [3.63, 3.8) is 0 Å². The van der Waals surface area contributed by atoms with E-state index in [0.717, 1.165) is 0 Å². The third kappa shape index (κ3) is 5.05. The largest absolute Gasteiger partial charge is 0.481 e. The average Bonchev–Trinajstić information content (AvgIpc) is 2.43. The second-order valence-electron chi connectivity index (χ2n) is 5.19. The van der Waals surface area contributed by atoms with Crippen LogP contribution in [0.2, 0.25) is 0 Å². The van der Waals surface area contributed by atoms with Crippen LogP contribution in [-0.2, 0) is 9.59 Å². The molecule has 0 heterocycles. The van der Waals surface area contributed by atoms with Crippen LogP contribution in [0.3, 0.4) is 0 Å². The fourth-order valence-corrected chi connectivity index (χ4v) is 1.95. The van der Waals surface area contributed by atoms with E-state index in [9.17, 15) is 22.8 Å². The van der Waals surface area contributed by atoms with Gasteiger partial charge in [0.25, 0.3) is 0 Å². The zero-order valence-electron chi connectivity index (χ0n) is 12.2. The Kier molecular flexibility index (Phi) is 5.96. The molecular formula is C15H18F3NO3. The van der Waals surface area contributed by atoms with Crippen molar-refractivity contribution in [2.24, 2.45) is 5.92 Å². The molecule has 1 amide bonds. The normalized spacial score (nSPS) is 15.7. The standard InChI is InChI=1S/C15H18F3NO3/c1-9(14(21)22)10(2)19-13(20)8-12(15(16,17)18)11-6-4-3-5-7-11/h3-7,9-10,12H,8H2,1-2H3,(H,19,20)(H,21,22). The highest BCUT2D eigenvalue weighted by atomic mass is 19.4. The summed E-state index contributed by atoms with van der Waals surface area (Å²) in [6, 6.07) is 6.41. The highest BCUT2D eigenvalue weighted by Gasteiger charge is 2.42. The first-order valence-corrected chi connectivity index (χ1v) is 6.76. The van der Waals surface area contributed by atoms with Gasteiger partial charge in [0.2, 0.25) is 5.91 Å². The second-order valence-corrected chi connectivity index (χ2v) is 5.19. The molecule has 3 unspecified atom stereocenters. The molecule has 22 heavy (non-hydrogen) atoms. The molecule has 122 valence electrons. The lowest BCUT2D eigenvalue weighted by atomic mass is 9.94. The molecule has 0 spiro atoms. The molecular weight excluding hydrogens is 299 g/mol. The Morgan fingerprint density at radius 1 is 1.18 bits per heavy atom. The van der Waals surface area contributed by atoms with Gasteiger partial charge >= 0.3 is 12.1 Å². The molecule has 3 atom stereocenters. The van der Waals surface area contributed by atoms with Crippen LogP contribution < -0.4 is 5.32 Å². The summed E-state index contributed by atoms with van der Waals surface area (Å²) in [5.74, 6) is -4.75. The summed E-state index contributed by atoms with van der Waals surface area (Å²) in [7, 11) is 0. The number of alkyl halides is 3. The van der Waals surface area contributed by atoms with Gasteiger partial charge in [-0.3, -0.25) is 9.59 Å². The molecule has 7 heteroatoms. The van der Waals surface area contributed by atoms with Crippen LogP contribution in [0.15, 0.2) is 30.3 Å². The van der Waals surface area contributed by atoms with Crippen molar-refractivity contribution in [2.45, 2.75) is 38.4 Å². The topological polar surface area (TPSA) is 66.4 Å². The number of hydrogen-bond acceptors (Lipinski definition) is 2. The van der Waals surface area contributed by atoms with Gasteiger partial charge in [0.15, 0.2) is 0 Å². The number of carboxylic acids is 1. The van der Waals surface area contributed by atoms with E-state index in [1.165, 1.54) is 38.1 Å². The summed E-state index contributed by atoms with van der Waals surface area (Å²) < 4.78 is 39.3. The Balaban J connectivity index is 2.79. The van der Waals surface area contributed by atoms with Gasteiger partial charge in [0.1, 0.15) is 0 Å². The number of halogens is 3. The summed E-state index contributed by atoms with van der Waals surface area (Å²) in [4.78, 5) is 22.6. The Morgan fingerprint density at radius 2 is 1.73 bits per heavy atom. The van der Waals surface area contributed by atoms with Crippen LogP contribution in [0.25, 0.3) is 0 Å². The fraction of sp³-hybridized carbons (Fsp3) is 0.467. The first-order valence-electron chi connectivity index (χ1n) is 6.76. The minimum Gasteiger partial charge on any atom is -0.481 e. The zero-order chi connectivity index (χ0) is 16.9. The number of benzene rings is 1. The molecule has 0 fully saturated rings. The second kappa shape index (κ2) is 7.29. The van der Waals surface area contributed by atoms with Gasteiger partial charge in [-0.2, -0.15) is 13.2 Å². The summed E-state index contributed by atoms with van der Waals surface area (Å²) in [5.41, 5.74) is 0.00378. The lowest BCUT2D eigenvalue weighted by molar-refractivity contribution is -0.157. The van der Waals surface area contributed by atoms with E-state index < -0.39 is 42.4 Å². The van der Waals surface area contributed by atoms with Crippen molar-refractivity contribution in [3.8, 4) is 0 Å². The van der Waals surface area contributed by atoms with Gasteiger partial charge in [-0.15, -0.1) is 0 Å². The SMILES string of the molecule is CC(NC(=O)CC(c1ccccc1)C(F)(F)F)C(C)C(=O)O. The van der Waals surface area contributed by atoms with Crippen LogP contribution >= 0.6 is 0 Å². The Labute approximate surface area is 126 Å². The molecule has 1 rings (SSSR count). The number of carboxylic acid groups (broad SMARTS) is 1. The fourth-order valence-electron chi connectivity index (χ4n) is 1.95. The molecule has 4 nitrogen and oxygen atoms in total. The highest BCUT2D eigenvalue weighted by molar-refractivity contribution is 5.78. The van der Waals surface area contributed by atoms with Gasteiger partial charge in [0, 0.05) is 12.5 Å². The Bertz CT molecular complexity index is 517. The maximum atomic E-state index is 13.1. The van der Waals surface area contributed by atoms with Crippen molar-refractivity contribution >= 4 is 11.9 Å². The van der Waals surface area contributed by atoms with Crippen molar-refractivity contribution in [1.82, 2.24) is 5.32 Å². The van der Waals surface area contributed by atoms with E-state index in [-0.39, 0.29) is 5.56 Å². The quantitative estimate of drug-likeness (QED) is 0.848. The number of nitrogens with one attached hydrogen (secondary N) is 1. The van der Waals surface area contributed by atoms with Crippen LogP contribution in [0.4, 0.5) is 13.2 Å². The molecule has 0 aromatic heterocycles. The van der Waals surface area contributed by atoms with Crippen LogP contribution in [-0.4, -0.2) is 29.2 Å². The molecule has 0 aliphatic heterocycles. The first kappa shape index (κ1) is 18.0. The van der Waals surface area contributed by atoms with E-state index in [0.29, 0.717) is 0 Å². The predicted octanol–water partition coefficient (Wildman–Crippen LogP) is 2.95. The molecule has 0 radical (unpaired) electrons. The van der Waals surface area contributed by atoms with Gasteiger partial charge in [-0.05, 0) is 19.4 Å². The smallest absolute Gasteiger partial charge is 0.396 e. The van der Waals surface area contributed by atoms with Crippen molar-refractivity contribution in [3.05, 3.63) is 35.9 Å². The summed E-state index contributed by atoms with van der Waals surface area (Å²) in [5, 5.41) is 11.1. The Morgan fingerprint density at radius 3 is 2.18 bits per heavy atom. The molecule has 2 N–H and O–H groups in total. The number of aliphatic carboxylic acids is 1. The summed E-state index contributed by atoms with van der Waals surface area (Å²) >= 11 is 0. The molecule has 0 saturated carbocycles. The average molecular weight is 317 g/mol. The minimum atomic E-state index is -4.56. The van der Waals surface area contributed by atoms with E-state index in [1.54, 1.807) is 6.07 Å². The van der Waals surface area contributed by atoms with Gasteiger partial charge < -0.3 is 10.4 Å². The van der Waals surface area contributed by atoms with Gasteiger partial charge in [-0.1, -0.05) is 30.3 Å². The third-order valence-electron chi connectivity index (χ3n) is 3.51. The number of hydrogen-bond donors (Lipinski definition) is 2. The lowest BCUT2D eigenvalue weighted by Crippen LogP contribution is -2.41. The molecule has 0 aliphatic rings. The van der Waals surface area contributed by atoms with E-state index in [1.807, 2.05) is 0 Å². The van der Waals surface area contributed by atoms with Crippen LogP contribution in [0.1, 0.15) is 31.7 Å². The molecule has 0 bridgehead atoms. The molecule has 0 saturated heterocycles. The number of carbonyl (C=O) groups excluding carboxylic acids is 1. The maximum Gasteiger partial charge on any atom is 0.396 e. The lowest BCUT2D eigenvalue weighted by Gasteiger charge is -2.23. The van der Waals surface area contributed by atoms with E-state index >= 15 is 0 Å². The Hall–Kier alpha value is -2.05. The summed E-state index contributed by atoms with van der Waals surface area (Å²) in [6.07, 6.45) is -5.33. The van der Waals surface area contributed by atoms with Crippen LogP contribution in [0.5, 0.6) is 0 Å². The number of amides is 1. The van der Waals surface area contributed by atoms with E-state index in [4.69, 9.17) is 5.11 Å². The number of carbonyl (C=O) groups is 2. The number of rotatable bonds is 6. The van der Waals surface area contributed by atoms with Gasteiger partial charge in [-0.25, -0.2) is 0 Å². The van der Waals surface area contributed by atoms with Crippen molar-refractivity contribution < 1.29 is 27.9 Å². The van der Waals surface area contributed by atoms with Crippen molar-refractivity contribution in [2.75, 3.05) is 0 Å². The van der Waals surface area contributed by atoms with Crippen LogP contribution in [0, 0.1) is 5.92 Å². The molecule has 1 aromatic carbocycles. The van der Waals surface area contributed by atoms with Gasteiger partial charge in [0.05, 0.1) is 11.8 Å².